The summed E-state index contributed by atoms with van der Waals surface area (Å²) in [5, 5.41) is 0. The monoisotopic (exact) mass is 164 g/mol. The molecule has 0 radical (unpaired) electrons. The topological polar surface area (TPSA) is 140 Å². The van der Waals surface area contributed by atoms with Gasteiger partial charge in [-0.2, -0.15) is 0 Å². The van der Waals surface area contributed by atoms with Gasteiger partial charge in [0.2, 0.25) is 0 Å². The van der Waals surface area contributed by atoms with Gasteiger partial charge in [-0.05, 0) is 0 Å². The Morgan fingerprint density at radius 1 is 0.429 bits per heavy atom. The molecule has 0 aliphatic rings. The quantitative estimate of drug-likeness (QED) is 0.407. The van der Waals surface area contributed by atoms with Crippen LogP contribution in [-0.4, -0.2) is 0 Å². The van der Waals surface area contributed by atoms with Gasteiger partial charge in [0, 0.05) is 19.5 Å². The summed E-state index contributed by atoms with van der Waals surface area (Å²) < 4.78 is 0. The largest absolute Gasteiger partial charge is 0.344 e. The molecule has 0 aromatic rings. The summed E-state index contributed by atoms with van der Waals surface area (Å²) in [6.07, 6.45) is 0. The third kappa shape index (κ3) is 600. The Morgan fingerprint density at radius 2 is 0.429 bits per heavy atom. The van der Waals surface area contributed by atoms with Crippen LogP contribution < -0.4 is 24.6 Å². The van der Waals surface area contributed by atoms with E-state index in [2.05, 4.69) is 0 Å². The second kappa shape index (κ2) is 898. The second-order valence-electron chi connectivity index (χ2n) is 0. The van der Waals surface area contributed by atoms with Gasteiger partial charge < -0.3 is 24.6 Å². The van der Waals surface area contributed by atoms with Crippen LogP contribution in [0.2, 0.25) is 0 Å². The van der Waals surface area contributed by atoms with Crippen LogP contribution in [0.15, 0.2) is 0 Å². The molecule has 0 heterocycles. The van der Waals surface area contributed by atoms with E-state index < -0.39 is 0 Å². The minimum atomic E-state index is 0. The SMILES string of the molecule is C.C.N.N.N.N.[Zn]. The summed E-state index contributed by atoms with van der Waals surface area (Å²) in [6, 6.07) is 0. The normalized spacial score (nSPS) is 0. The zero-order chi connectivity index (χ0) is 0. The standard InChI is InChI=1S/2CH4.4H3N.Zn/h2*1H4;4*1H3;. The van der Waals surface area contributed by atoms with Crippen molar-refractivity contribution in [2.75, 3.05) is 0 Å². The molecule has 0 aromatic carbocycles. The first-order valence-electron chi connectivity index (χ1n) is 0. The predicted molar refractivity (Wildman–Crippen MR) is 33.6 cm³/mol. The fourth-order valence-corrected chi connectivity index (χ4v) is 0. The first kappa shape index (κ1) is 1450. The van der Waals surface area contributed by atoms with Gasteiger partial charge in [-0.25, -0.2) is 0 Å². The number of hydrogen-bond acceptors (Lipinski definition) is 4. The van der Waals surface area contributed by atoms with Gasteiger partial charge in [0.05, 0.1) is 0 Å². The van der Waals surface area contributed by atoms with Gasteiger partial charge in [-0.1, -0.05) is 14.9 Å². The van der Waals surface area contributed by atoms with Crippen molar-refractivity contribution in [3.8, 4) is 0 Å². The number of hydrogen-bond donors (Lipinski definition) is 4. The molecule has 50 valence electrons. The molecule has 0 aliphatic heterocycles. The van der Waals surface area contributed by atoms with Crippen molar-refractivity contribution in [3.63, 3.8) is 0 Å². The van der Waals surface area contributed by atoms with Crippen LogP contribution in [0.3, 0.4) is 0 Å². The summed E-state index contributed by atoms with van der Waals surface area (Å²) >= 11 is 0. The Hall–Kier alpha value is 0.463. The Morgan fingerprint density at radius 3 is 0.429 bits per heavy atom. The van der Waals surface area contributed by atoms with E-state index in [1.165, 1.54) is 0 Å². The van der Waals surface area contributed by atoms with E-state index in [1.54, 1.807) is 0 Å². The Kier molecular flexibility index (Phi) is 186000. The van der Waals surface area contributed by atoms with E-state index >= 15 is 0 Å². The Labute approximate surface area is 59.5 Å². The molecule has 0 amide bonds. The van der Waals surface area contributed by atoms with Crippen LogP contribution in [0.4, 0.5) is 0 Å². The molecular formula is C2H20N4Zn. The summed E-state index contributed by atoms with van der Waals surface area (Å²) in [7, 11) is 0. The zero-order valence-electron chi connectivity index (χ0n) is 3.54. The fourth-order valence-electron chi connectivity index (χ4n) is 0. The maximum absolute atomic E-state index is 0. The van der Waals surface area contributed by atoms with E-state index in [9.17, 15) is 0 Å². The average Bonchev–Trinajstić information content (AvgIpc) is 0. The van der Waals surface area contributed by atoms with Crippen molar-refractivity contribution in [2.24, 2.45) is 0 Å². The molecule has 0 bridgehead atoms. The van der Waals surface area contributed by atoms with E-state index in [1.807, 2.05) is 0 Å². The molecule has 0 unspecified atom stereocenters. The van der Waals surface area contributed by atoms with E-state index in [0.29, 0.717) is 0 Å². The molecule has 0 aromatic heterocycles. The van der Waals surface area contributed by atoms with Gasteiger partial charge in [-0.15, -0.1) is 0 Å². The van der Waals surface area contributed by atoms with Crippen molar-refractivity contribution in [2.45, 2.75) is 14.9 Å². The van der Waals surface area contributed by atoms with Crippen LogP contribution in [0.1, 0.15) is 14.9 Å². The molecule has 0 saturated heterocycles. The van der Waals surface area contributed by atoms with Crippen LogP contribution in [0.25, 0.3) is 0 Å². The van der Waals surface area contributed by atoms with Crippen molar-refractivity contribution >= 4 is 0 Å². The van der Waals surface area contributed by atoms with Crippen molar-refractivity contribution < 1.29 is 19.5 Å². The number of rotatable bonds is 0. The molecule has 0 fully saturated rings. The first-order valence-corrected chi connectivity index (χ1v) is 0. The minimum Gasteiger partial charge on any atom is -0.344 e. The van der Waals surface area contributed by atoms with E-state index in [-0.39, 0.29) is 58.9 Å². The predicted octanol–water partition coefficient (Wildman–Crippen LogP) is 1.92. The van der Waals surface area contributed by atoms with Gasteiger partial charge in [0.15, 0.2) is 0 Å². The smallest absolute Gasteiger partial charge is 0 e. The van der Waals surface area contributed by atoms with Gasteiger partial charge >= 0.3 is 0 Å². The van der Waals surface area contributed by atoms with Crippen LogP contribution >= 0.6 is 0 Å². The van der Waals surface area contributed by atoms with Crippen molar-refractivity contribution in [1.29, 1.82) is 0 Å². The van der Waals surface area contributed by atoms with Crippen molar-refractivity contribution in [1.82, 2.24) is 24.6 Å². The molecule has 0 rings (SSSR count). The molecule has 0 saturated carbocycles. The summed E-state index contributed by atoms with van der Waals surface area (Å²) in [5.74, 6) is 0. The zero-order valence-corrected chi connectivity index (χ0v) is 6.50. The molecule has 0 aliphatic carbocycles. The van der Waals surface area contributed by atoms with Gasteiger partial charge in [-0.3, -0.25) is 0 Å². The second-order valence-corrected chi connectivity index (χ2v) is 0. The van der Waals surface area contributed by atoms with Crippen LogP contribution in [-0.2, 0) is 19.5 Å². The molecule has 7 heavy (non-hydrogen) atoms. The average molecular weight is 166 g/mol. The maximum atomic E-state index is 0. The van der Waals surface area contributed by atoms with Gasteiger partial charge in [0.25, 0.3) is 0 Å². The minimum absolute atomic E-state index is 0. The first-order chi connectivity index (χ1) is 0. The van der Waals surface area contributed by atoms with Crippen LogP contribution in [0.5, 0.6) is 0 Å². The summed E-state index contributed by atoms with van der Waals surface area (Å²) in [4.78, 5) is 0. The van der Waals surface area contributed by atoms with E-state index in [4.69, 9.17) is 0 Å². The fraction of sp³-hybridized carbons (Fsp3) is 1.00. The third-order valence-electron chi connectivity index (χ3n) is 0. The molecule has 5 heteroatoms. The van der Waals surface area contributed by atoms with Gasteiger partial charge in [0.1, 0.15) is 0 Å². The van der Waals surface area contributed by atoms with E-state index in [0.717, 1.165) is 0 Å². The Balaban J connectivity index is 0. The molecule has 0 atom stereocenters. The summed E-state index contributed by atoms with van der Waals surface area (Å²) in [5.41, 5.74) is 0. The third-order valence-corrected chi connectivity index (χ3v) is 0. The molecule has 12 N–H and O–H groups in total. The Bertz CT molecular complexity index is 9.65. The molecule has 4 nitrogen and oxygen atoms in total. The van der Waals surface area contributed by atoms with Crippen molar-refractivity contribution in [3.05, 3.63) is 0 Å². The summed E-state index contributed by atoms with van der Waals surface area (Å²) in [6.45, 7) is 0. The van der Waals surface area contributed by atoms with Crippen LogP contribution in [0, 0.1) is 0 Å². The molecular weight excluding hydrogens is 145 g/mol. The maximum Gasteiger partial charge on any atom is 0 e. The molecule has 0 spiro atoms.